The lowest BCUT2D eigenvalue weighted by Crippen LogP contribution is -2.11. The van der Waals surface area contributed by atoms with Gasteiger partial charge in [-0.05, 0) is 22.6 Å². The van der Waals surface area contributed by atoms with E-state index in [0.29, 0.717) is 17.3 Å². The zero-order valence-electron chi connectivity index (χ0n) is 12.9. The van der Waals surface area contributed by atoms with Crippen molar-refractivity contribution >= 4 is 23.3 Å². The average Bonchev–Trinajstić information content (AvgIpc) is 2.44. The van der Waals surface area contributed by atoms with Gasteiger partial charge >= 0.3 is 5.97 Å². The van der Waals surface area contributed by atoms with Gasteiger partial charge in [-0.2, -0.15) is 0 Å². The molecule has 0 fully saturated rings. The molecule has 1 aromatic carbocycles. The van der Waals surface area contributed by atoms with Crippen LogP contribution < -0.4 is 5.32 Å². The summed E-state index contributed by atoms with van der Waals surface area (Å²) in [6, 6.07) is 9.82. The van der Waals surface area contributed by atoms with E-state index in [-0.39, 0.29) is 11.1 Å². The van der Waals surface area contributed by atoms with Gasteiger partial charge in [0.15, 0.2) is 5.69 Å². The molecule has 0 spiro atoms. The Morgan fingerprint density at radius 3 is 2.45 bits per heavy atom. The zero-order chi connectivity index (χ0) is 16.3. The third kappa shape index (κ3) is 3.98. The van der Waals surface area contributed by atoms with Crippen LogP contribution in [0.4, 0.5) is 5.69 Å². The summed E-state index contributed by atoms with van der Waals surface area (Å²) in [5, 5.41) is 12.6. The second-order valence-electron chi connectivity index (χ2n) is 6.16. The molecule has 1 aromatic heterocycles. The fraction of sp³-hybridized carbons (Fsp3) is 0.294. The molecule has 0 unspecified atom stereocenters. The van der Waals surface area contributed by atoms with E-state index in [4.69, 9.17) is 16.7 Å². The van der Waals surface area contributed by atoms with E-state index in [0.717, 1.165) is 5.56 Å². The molecule has 0 bridgehead atoms. The Bertz CT molecular complexity index is 676. The van der Waals surface area contributed by atoms with E-state index in [1.54, 1.807) is 6.07 Å². The number of nitrogens with one attached hydrogen (secondary N) is 1. The lowest BCUT2D eigenvalue weighted by molar-refractivity contribution is 0.0691. The molecule has 22 heavy (non-hydrogen) atoms. The van der Waals surface area contributed by atoms with Crippen LogP contribution in [0.5, 0.6) is 0 Å². The molecule has 2 N–H and O–H groups in total. The van der Waals surface area contributed by atoms with Gasteiger partial charge in [0.05, 0.1) is 10.7 Å². The Morgan fingerprint density at radius 2 is 1.91 bits per heavy atom. The second-order valence-corrected chi connectivity index (χ2v) is 6.59. The average molecular weight is 319 g/mol. The molecule has 0 radical (unpaired) electrons. The highest BCUT2D eigenvalue weighted by atomic mass is 35.5. The van der Waals surface area contributed by atoms with Crippen LogP contribution in [0.1, 0.15) is 42.4 Å². The number of hydrogen-bond acceptors (Lipinski definition) is 3. The number of anilines is 1. The smallest absolute Gasteiger partial charge is 0.356 e. The molecule has 2 aromatic rings. The largest absolute Gasteiger partial charge is 0.476 e. The summed E-state index contributed by atoms with van der Waals surface area (Å²) in [5.41, 5.74) is 2.81. The number of hydrogen-bond donors (Lipinski definition) is 2. The van der Waals surface area contributed by atoms with Gasteiger partial charge in [0.1, 0.15) is 0 Å². The standard InChI is InChI=1S/C17H19ClN2O2/c1-17(2,3)12-6-4-11(5-7-12)9-19-14-8-13(18)10-20-15(14)16(21)22/h4-8,10,19H,9H2,1-3H3,(H,21,22). The van der Waals surface area contributed by atoms with Gasteiger partial charge in [0.2, 0.25) is 0 Å². The molecule has 5 heteroatoms. The van der Waals surface area contributed by atoms with Crippen molar-refractivity contribution in [2.24, 2.45) is 0 Å². The molecule has 0 saturated carbocycles. The van der Waals surface area contributed by atoms with E-state index in [9.17, 15) is 4.79 Å². The number of nitrogens with zero attached hydrogens (tertiary/aromatic N) is 1. The van der Waals surface area contributed by atoms with Crippen molar-refractivity contribution in [3.8, 4) is 0 Å². The molecule has 2 rings (SSSR count). The Kier molecular flexibility index (Phi) is 4.71. The van der Waals surface area contributed by atoms with Crippen LogP contribution in [-0.4, -0.2) is 16.1 Å². The Labute approximate surface area is 135 Å². The van der Waals surface area contributed by atoms with Crippen LogP contribution >= 0.6 is 11.6 Å². The van der Waals surface area contributed by atoms with Crippen LogP contribution in [-0.2, 0) is 12.0 Å². The van der Waals surface area contributed by atoms with Crippen molar-refractivity contribution < 1.29 is 9.90 Å². The van der Waals surface area contributed by atoms with E-state index in [1.165, 1.54) is 11.8 Å². The van der Waals surface area contributed by atoms with Crippen molar-refractivity contribution in [3.63, 3.8) is 0 Å². The normalized spacial score (nSPS) is 11.3. The number of halogens is 1. The van der Waals surface area contributed by atoms with E-state index in [1.807, 2.05) is 12.1 Å². The van der Waals surface area contributed by atoms with E-state index >= 15 is 0 Å². The fourth-order valence-corrected chi connectivity index (χ4v) is 2.22. The first kappa shape index (κ1) is 16.3. The summed E-state index contributed by atoms with van der Waals surface area (Å²) in [7, 11) is 0. The number of aromatic carboxylic acids is 1. The van der Waals surface area contributed by atoms with Crippen molar-refractivity contribution in [2.75, 3.05) is 5.32 Å². The number of rotatable bonds is 4. The highest BCUT2D eigenvalue weighted by Crippen LogP contribution is 2.23. The van der Waals surface area contributed by atoms with Gasteiger partial charge in [-0.25, -0.2) is 9.78 Å². The van der Waals surface area contributed by atoms with Crippen molar-refractivity contribution in [1.29, 1.82) is 0 Å². The summed E-state index contributed by atoms with van der Waals surface area (Å²) in [4.78, 5) is 15.0. The molecule has 0 aliphatic heterocycles. The topological polar surface area (TPSA) is 62.2 Å². The molecular weight excluding hydrogens is 300 g/mol. The Balaban J connectivity index is 2.13. The van der Waals surface area contributed by atoms with E-state index in [2.05, 4.69) is 43.2 Å². The summed E-state index contributed by atoms with van der Waals surface area (Å²) in [6.45, 7) is 7.00. The zero-order valence-corrected chi connectivity index (χ0v) is 13.6. The number of carboxylic acid groups (broad SMARTS) is 1. The van der Waals surface area contributed by atoms with Crippen molar-refractivity contribution in [3.05, 3.63) is 58.4 Å². The summed E-state index contributed by atoms with van der Waals surface area (Å²) in [5.74, 6) is -1.08. The summed E-state index contributed by atoms with van der Waals surface area (Å²) < 4.78 is 0. The lowest BCUT2D eigenvalue weighted by atomic mass is 9.87. The van der Waals surface area contributed by atoms with Crippen molar-refractivity contribution in [1.82, 2.24) is 4.98 Å². The Hall–Kier alpha value is -2.07. The monoisotopic (exact) mass is 318 g/mol. The number of benzene rings is 1. The van der Waals surface area contributed by atoms with Gasteiger partial charge < -0.3 is 10.4 Å². The first-order valence-electron chi connectivity index (χ1n) is 6.99. The highest BCUT2D eigenvalue weighted by Gasteiger charge is 2.14. The first-order valence-corrected chi connectivity index (χ1v) is 7.37. The molecular formula is C17H19ClN2O2. The van der Waals surface area contributed by atoms with Crippen LogP contribution in [0.25, 0.3) is 0 Å². The third-order valence-corrected chi connectivity index (χ3v) is 3.57. The minimum atomic E-state index is -1.08. The maximum absolute atomic E-state index is 11.2. The van der Waals surface area contributed by atoms with Gasteiger partial charge in [-0.15, -0.1) is 0 Å². The second kappa shape index (κ2) is 6.36. The molecule has 0 saturated heterocycles. The van der Waals surface area contributed by atoms with Crippen LogP contribution in [0.2, 0.25) is 5.02 Å². The molecule has 1 heterocycles. The number of pyridine rings is 1. The van der Waals surface area contributed by atoms with Gasteiger partial charge in [0, 0.05) is 12.7 Å². The molecule has 0 aliphatic rings. The maximum Gasteiger partial charge on any atom is 0.356 e. The first-order chi connectivity index (χ1) is 10.3. The van der Waals surface area contributed by atoms with Crippen LogP contribution in [0.15, 0.2) is 36.5 Å². The van der Waals surface area contributed by atoms with E-state index < -0.39 is 5.97 Å². The predicted molar refractivity (Wildman–Crippen MR) is 88.7 cm³/mol. The number of aromatic nitrogens is 1. The number of carbonyl (C=O) groups is 1. The van der Waals surface area contributed by atoms with Crippen molar-refractivity contribution in [2.45, 2.75) is 32.7 Å². The van der Waals surface area contributed by atoms with Gasteiger partial charge in [-0.3, -0.25) is 0 Å². The minimum absolute atomic E-state index is 0.0317. The predicted octanol–water partition coefficient (Wildman–Crippen LogP) is 4.34. The van der Waals surface area contributed by atoms with Gasteiger partial charge in [0.25, 0.3) is 0 Å². The highest BCUT2D eigenvalue weighted by molar-refractivity contribution is 6.30. The molecule has 0 amide bonds. The fourth-order valence-electron chi connectivity index (χ4n) is 2.06. The molecule has 116 valence electrons. The number of carboxylic acids is 1. The lowest BCUT2D eigenvalue weighted by Gasteiger charge is -2.19. The minimum Gasteiger partial charge on any atom is -0.476 e. The summed E-state index contributed by atoms with van der Waals surface area (Å²) >= 11 is 5.88. The maximum atomic E-state index is 11.2. The quantitative estimate of drug-likeness (QED) is 0.880. The third-order valence-electron chi connectivity index (χ3n) is 3.36. The SMILES string of the molecule is CC(C)(C)c1ccc(CNc2cc(Cl)cnc2C(=O)O)cc1. The summed E-state index contributed by atoms with van der Waals surface area (Å²) in [6.07, 6.45) is 1.33. The Morgan fingerprint density at radius 1 is 1.27 bits per heavy atom. The molecule has 4 nitrogen and oxygen atoms in total. The van der Waals surface area contributed by atoms with Gasteiger partial charge in [-0.1, -0.05) is 56.6 Å². The molecule has 0 atom stereocenters. The van der Waals surface area contributed by atoms with Crippen LogP contribution in [0.3, 0.4) is 0 Å². The van der Waals surface area contributed by atoms with Crippen LogP contribution in [0, 0.1) is 0 Å². The molecule has 0 aliphatic carbocycles.